The van der Waals surface area contributed by atoms with Crippen LogP contribution in [0.2, 0.25) is 0 Å². The summed E-state index contributed by atoms with van der Waals surface area (Å²) in [4.78, 5) is 4.28. The molecule has 0 fully saturated rings. The smallest absolute Gasteiger partial charge is 0.0702 e. The number of aryl methyl sites for hydroxylation is 1. The summed E-state index contributed by atoms with van der Waals surface area (Å²) in [6.45, 7) is 2.06. The average Bonchev–Trinajstić information content (AvgIpc) is 2.04. The van der Waals surface area contributed by atoms with Gasteiger partial charge in [-0.05, 0) is 24.6 Å². The maximum absolute atomic E-state index is 4.28. The van der Waals surface area contributed by atoms with Crippen LogP contribution in [0.1, 0.15) is 5.56 Å². The van der Waals surface area contributed by atoms with Gasteiger partial charge in [-0.3, -0.25) is 4.98 Å². The molecule has 11 heavy (non-hydrogen) atoms. The van der Waals surface area contributed by atoms with Crippen molar-refractivity contribution in [2.45, 2.75) is 6.92 Å². The van der Waals surface area contributed by atoms with Gasteiger partial charge in [0.05, 0.1) is 5.52 Å². The number of hydrogen-bond acceptors (Lipinski definition) is 1. The van der Waals surface area contributed by atoms with Gasteiger partial charge >= 0.3 is 0 Å². The third kappa shape index (κ3) is 1.09. The zero-order valence-electron chi connectivity index (χ0n) is 6.41. The largest absolute Gasteiger partial charge is 0.256 e. The van der Waals surface area contributed by atoms with Gasteiger partial charge in [0.25, 0.3) is 0 Å². The Morgan fingerprint density at radius 3 is 2.91 bits per heavy atom. The monoisotopic (exact) mass is 142 g/mol. The summed E-state index contributed by atoms with van der Waals surface area (Å²) in [6.07, 6.45) is 1.89. The average molecular weight is 142 g/mol. The van der Waals surface area contributed by atoms with Gasteiger partial charge in [0.15, 0.2) is 0 Å². The van der Waals surface area contributed by atoms with Crippen molar-refractivity contribution in [3.63, 3.8) is 0 Å². The molecule has 0 spiro atoms. The molecule has 1 nitrogen and oxygen atoms in total. The van der Waals surface area contributed by atoms with Crippen LogP contribution in [-0.4, -0.2) is 4.98 Å². The first-order chi connectivity index (χ1) is 5.36. The Balaban J connectivity index is 2.83. The van der Waals surface area contributed by atoms with Crippen LogP contribution in [0.25, 0.3) is 10.9 Å². The fraction of sp³-hybridized carbons (Fsp3) is 0.100. The summed E-state index contributed by atoms with van der Waals surface area (Å²) in [5.41, 5.74) is 2.28. The van der Waals surface area contributed by atoms with Gasteiger partial charge in [-0.25, -0.2) is 0 Å². The highest BCUT2D eigenvalue weighted by molar-refractivity contribution is 5.78. The lowest BCUT2D eigenvalue weighted by Crippen LogP contribution is -1.78. The molecule has 0 aliphatic rings. The van der Waals surface area contributed by atoms with Crippen molar-refractivity contribution in [2.24, 2.45) is 0 Å². The first kappa shape index (κ1) is 6.35. The molecule has 2 aromatic rings. The Bertz CT molecular complexity index is 379. The minimum absolute atomic E-state index is 1.07. The Morgan fingerprint density at radius 2 is 2.00 bits per heavy atom. The van der Waals surface area contributed by atoms with E-state index in [0.29, 0.717) is 0 Å². The van der Waals surface area contributed by atoms with Crippen LogP contribution in [0.5, 0.6) is 0 Å². The van der Waals surface area contributed by atoms with E-state index in [4.69, 9.17) is 0 Å². The maximum atomic E-state index is 4.28. The predicted molar refractivity (Wildman–Crippen MR) is 46.5 cm³/mol. The Kier molecular flexibility index (Phi) is 1.35. The van der Waals surface area contributed by atoms with E-state index in [2.05, 4.69) is 24.0 Å². The Morgan fingerprint density at radius 1 is 1.18 bits per heavy atom. The van der Waals surface area contributed by atoms with Crippen LogP contribution in [0, 0.1) is 6.92 Å². The van der Waals surface area contributed by atoms with Gasteiger partial charge in [0, 0.05) is 11.6 Å². The zero-order chi connectivity index (χ0) is 7.68. The molecule has 0 amide bonds. The van der Waals surface area contributed by atoms with Gasteiger partial charge < -0.3 is 0 Å². The molecule has 1 heteroatoms. The maximum Gasteiger partial charge on any atom is 0.0702 e. The number of pyridine rings is 1. The van der Waals surface area contributed by atoms with Gasteiger partial charge in [0.2, 0.25) is 0 Å². The number of hydrogen-bond donors (Lipinski definition) is 0. The first-order valence-electron chi connectivity index (χ1n) is 3.68. The second-order valence-electron chi connectivity index (χ2n) is 2.71. The lowest BCUT2D eigenvalue weighted by molar-refractivity contribution is 1.33. The SMILES string of the molecule is [11CH3]c1cnc2ccccc2c1. The molecule has 1 heterocycles. The molecule has 0 bridgehead atoms. The zero-order valence-corrected chi connectivity index (χ0v) is 6.41. The molecule has 0 saturated heterocycles. The molecule has 0 radical (unpaired) electrons. The summed E-state index contributed by atoms with van der Waals surface area (Å²) in [6, 6.07) is 10.3. The van der Waals surface area contributed by atoms with Crippen LogP contribution in [0.3, 0.4) is 0 Å². The normalized spacial score (nSPS) is 10.3. The third-order valence-corrected chi connectivity index (χ3v) is 1.73. The first-order valence-corrected chi connectivity index (χ1v) is 3.68. The molecule has 54 valence electrons. The number of para-hydroxylation sites is 1. The van der Waals surface area contributed by atoms with Crippen molar-refractivity contribution < 1.29 is 0 Å². The highest BCUT2D eigenvalue weighted by Gasteiger charge is 1.90. The third-order valence-electron chi connectivity index (χ3n) is 1.73. The van der Waals surface area contributed by atoms with E-state index < -0.39 is 0 Å². The minimum atomic E-state index is 1.07. The minimum Gasteiger partial charge on any atom is -0.256 e. The number of nitrogens with zero attached hydrogens (tertiary/aromatic N) is 1. The number of rotatable bonds is 0. The van der Waals surface area contributed by atoms with E-state index in [0.717, 1.165) is 5.52 Å². The van der Waals surface area contributed by atoms with Crippen LogP contribution in [0.15, 0.2) is 36.5 Å². The predicted octanol–water partition coefficient (Wildman–Crippen LogP) is 2.54. The van der Waals surface area contributed by atoms with Crippen molar-refractivity contribution in [1.82, 2.24) is 4.98 Å². The fourth-order valence-electron chi connectivity index (χ4n) is 1.18. The van der Waals surface area contributed by atoms with Crippen LogP contribution in [0.4, 0.5) is 0 Å². The van der Waals surface area contributed by atoms with Gasteiger partial charge in [-0.2, -0.15) is 0 Å². The number of aromatic nitrogens is 1. The lowest BCUT2D eigenvalue weighted by Gasteiger charge is -1.95. The van der Waals surface area contributed by atoms with Gasteiger partial charge in [-0.15, -0.1) is 0 Å². The molecule has 0 aliphatic heterocycles. The number of fused-ring (bicyclic) bond motifs is 1. The van der Waals surface area contributed by atoms with Crippen LogP contribution >= 0.6 is 0 Å². The van der Waals surface area contributed by atoms with E-state index in [1.807, 2.05) is 24.4 Å². The van der Waals surface area contributed by atoms with Crippen molar-refractivity contribution in [3.05, 3.63) is 42.1 Å². The summed E-state index contributed by atoms with van der Waals surface area (Å²) in [5.74, 6) is 0. The molecule has 1 aromatic heterocycles. The van der Waals surface area contributed by atoms with E-state index in [9.17, 15) is 0 Å². The van der Waals surface area contributed by atoms with Gasteiger partial charge in [0.1, 0.15) is 0 Å². The quantitative estimate of drug-likeness (QED) is 0.550. The molecule has 0 atom stereocenters. The molecular formula is C10H9N. The topological polar surface area (TPSA) is 12.9 Å². The van der Waals surface area contributed by atoms with Crippen molar-refractivity contribution in [3.8, 4) is 0 Å². The summed E-state index contributed by atoms with van der Waals surface area (Å²) in [5, 5.41) is 1.22. The summed E-state index contributed by atoms with van der Waals surface area (Å²) < 4.78 is 0. The summed E-state index contributed by atoms with van der Waals surface area (Å²) >= 11 is 0. The molecular weight excluding hydrogens is 133 g/mol. The van der Waals surface area contributed by atoms with Crippen molar-refractivity contribution >= 4 is 10.9 Å². The van der Waals surface area contributed by atoms with E-state index in [-0.39, 0.29) is 0 Å². The van der Waals surface area contributed by atoms with Gasteiger partial charge in [-0.1, -0.05) is 18.2 Å². The van der Waals surface area contributed by atoms with E-state index >= 15 is 0 Å². The Labute approximate surface area is 65.7 Å². The standard InChI is InChI=1S/C10H9N/c1-8-6-9-4-2-3-5-10(9)11-7-8/h2-7H,1H3/i1-1. The molecule has 0 saturated carbocycles. The van der Waals surface area contributed by atoms with Crippen molar-refractivity contribution in [1.29, 1.82) is 0 Å². The highest BCUT2D eigenvalue weighted by atomic mass is 14.6. The second-order valence-corrected chi connectivity index (χ2v) is 2.71. The number of benzene rings is 1. The summed E-state index contributed by atoms with van der Waals surface area (Å²) in [7, 11) is 0. The molecule has 0 aliphatic carbocycles. The molecule has 0 unspecified atom stereocenters. The van der Waals surface area contributed by atoms with Crippen molar-refractivity contribution in [2.75, 3.05) is 0 Å². The van der Waals surface area contributed by atoms with Crippen LogP contribution in [-0.2, 0) is 0 Å². The molecule has 1 aromatic carbocycles. The highest BCUT2D eigenvalue weighted by Crippen LogP contribution is 2.11. The second kappa shape index (κ2) is 2.35. The molecule has 2 rings (SSSR count). The fourth-order valence-corrected chi connectivity index (χ4v) is 1.18. The lowest BCUT2D eigenvalue weighted by atomic mass is 10.0. The molecule has 0 N–H and O–H groups in total. The van der Waals surface area contributed by atoms with E-state index in [1.165, 1.54) is 10.9 Å². The van der Waals surface area contributed by atoms with E-state index in [1.54, 1.807) is 0 Å². The Hall–Kier alpha value is -1.37. The van der Waals surface area contributed by atoms with Crippen LogP contribution < -0.4 is 0 Å².